The van der Waals surface area contributed by atoms with Gasteiger partial charge in [-0.3, -0.25) is 14.3 Å². The molecule has 0 aliphatic carbocycles. The Balaban J connectivity index is 1.69. The summed E-state index contributed by atoms with van der Waals surface area (Å²) in [5.41, 5.74) is 6.08. The average Bonchev–Trinajstić information content (AvgIpc) is 3.04. The van der Waals surface area contributed by atoms with E-state index < -0.39 is 0 Å². The van der Waals surface area contributed by atoms with Crippen molar-refractivity contribution in [3.63, 3.8) is 0 Å². The smallest absolute Gasteiger partial charge is 0.226 e. The second-order valence-corrected chi connectivity index (χ2v) is 7.63. The van der Waals surface area contributed by atoms with Gasteiger partial charge in [-0.15, -0.1) is 0 Å². The zero-order valence-corrected chi connectivity index (χ0v) is 17.0. The highest BCUT2D eigenvalue weighted by Gasteiger charge is 2.29. The van der Waals surface area contributed by atoms with Gasteiger partial charge in [0.05, 0.1) is 11.7 Å². The zero-order chi connectivity index (χ0) is 19.9. The third-order valence-corrected chi connectivity index (χ3v) is 5.50. The van der Waals surface area contributed by atoms with E-state index in [1.807, 2.05) is 55.5 Å². The predicted octanol–water partition coefficient (Wildman–Crippen LogP) is 3.70. The van der Waals surface area contributed by atoms with Crippen molar-refractivity contribution < 1.29 is 9.59 Å². The van der Waals surface area contributed by atoms with Gasteiger partial charge in [0, 0.05) is 36.5 Å². The van der Waals surface area contributed by atoms with Gasteiger partial charge in [0.25, 0.3) is 0 Å². The number of carbonyl (C=O) groups is 2. The summed E-state index contributed by atoms with van der Waals surface area (Å²) >= 11 is 0. The highest BCUT2D eigenvalue weighted by molar-refractivity contribution is 5.96. The Labute approximate surface area is 160 Å². The lowest BCUT2D eigenvalue weighted by Gasteiger charge is -2.20. The van der Waals surface area contributed by atoms with Crippen LogP contribution in [-0.4, -0.2) is 27.6 Å². The van der Waals surface area contributed by atoms with Crippen molar-refractivity contribution in [1.29, 1.82) is 0 Å². The molecule has 0 fully saturated rings. The lowest BCUT2D eigenvalue weighted by atomic mass is 10.1. The van der Waals surface area contributed by atoms with Gasteiger partial charge in [-0.25, -0.2) is 0 Å². The molecule has 2 aromatic rings. The van der Waals surface area contributed by atoms with Crippen LogP contribution in [0.15, 0.2) is 18.2 Å². The molecule has 0 saturated heterocycles. The topological polar surface area (TPSA) is 67.2 Å². The number of hydrogen-bond acceptors (Lipinski definition) is 3. The average molecular weight is 368 g/mol. The van der Waals surface area contributed by atoms with E-state index in [1.54, 1.807) is 6.92 Å². The number of aromatic nitrogens is 2. The van der Waals surface area contributed by atoms with E-state index in [4.69, 9.17) is 0 Å². The quantitative estimate of drug-likeness (QED) is 0.895. The molecule has 1 aliphatic rings. The molecule has 2 heterocycles. The number of anilines is 2. The van der Waals surface area contributed by atoms with Crippen LogP contribution >= 0.6 is 0 Å². The van der Waals surface area contributed by atoms with Crippen molar-refractivity contribution in [3.8, 4) is 0 Å². The summed E-state index contributed by atoms with van der Waals surface area (Å²) in [6.07, 6.45) is 1.16. The van der Waals surface area contributed by atoms with E-state index in [1.165, 1.54) is 5.56 Å². The Morgan fingerprint density at radius 1 is 1.30 bits per heavy atom. The molecule has 3 rings (SSSR count). The second-order valence-electron chi connectivity index (χ2n) is 7.63. The summed E-state index contributed by atoms with van der Waals surface area (Å²) in [7, 11) is 0. The molecule has 1 aromatic heterocycles. The summed E-state index contributed by atoms with van der Waals surface area (Å²) in [5, 5.41) is 7.54. The maximum absolute atomic E-state index is 12.5. The van der Waals surface area contributed by atoms with Crippen LogP contribution in [0.1, 0.15) is 55.7 Å². The molecule has 2 atom stereocenters. The summed E-state index contributed by atoms with van der Waals surface area (Å²) < 4.78 is 1.93. The van der Waals surface area contributed by atoms with Crippen molar-refractivity contribution in [1.82, 2.24) is 9.78 Å². The first-order valence-electron chi connectivity index (χ1n) is 9.44. The number of aryl methyl sites for hydroxylation is 1. The number of hydrogen-bond donors (Lipinski definition) is 1. The van der Waals surface area contributed by atoms with Crippen LogP contribution in [0.5, 0.6) is 0 Å². The van der Waals surface area contributed by atoms with Crippen molar-refractivity contribution in [2.75, 3.05) is 10.2 Å². The van der Waals surface area contributed by atoms with Crippen LogP contribution in [0.2, 0.25) is 0 Å². The van der Waals surface area contributed by atoms with Crippen LogP contribution in [-0.2, 0) is 16.0 Å². The summed E-state index contributed by atoms with van der Waals surface area (Å²) in [4.78, 5) is 26.2. The van der Waals surface area contributed by atoms with Crippen LogP contribution in [0.25, 0.3) is 0 Å². The Morgan fingerprint density at radius 2 is 2.00 bits per heavy atom. The summed E-state index contributed by atoms with van der Waals surface area (Å²) in [6.45, 7) is 11.7. The van der Waals surface area contributed by atoms with E-state index in [0.29, 0.717) is 6.42 Å². The standard InChI is InChI=1S/C21H28N4O2/c1-12-9-18-11-19(7-8-20(18)24(12)17(6)26)22-21(27)10-13(2)25-16(5)14(3)15(4)23-25/h7-8,11-13H,9-10H2,1-6H3,(H,22,27)/t12-,13-/m0/s1. The molecular formula is C21H28N4O2. The molecule has 0 radical (unpaired) electrons. The third-order valence-electron chi connectivity index (χ3n) is 5.50. The SMILES string of the molecule is CC(=O)N1c2ccc(NC(=O)C[C@H](C)n3nc(C)c(C)c3C)cc2C[C@@H]1C. The van der Waals surface area contributed by atoms with Crippen molar-refractivity contribution >= 4 is 23.2 Å². The Hall–Kier alpha value is -2.63. The highest BCUT2D eigenvalue weighted by Crippen LogP contribution is 2.34. The van der Waals surface area contributed by atoms with E-state index in [9.17, 15) is 9.59 Å². The number of carbonyl (C=O) groups excluding carboxylic acids is 2. The van der Waals surface area contributed by atoms with Crippen LogP contribution in [0, 0.1) is 20.8 Å². The molecule has 0 spiro atoms. The van der Waals surface area contributed by atoms with Crippen LogP contribution in [0.3, 0.4) is 0 Å². The number of fused-ring (bicyclic) bond motifs is 1. The number of rotatable bonds is 4. The van der Waals surface area contributed by atoms with Gasteiger partial charge in [-0.05, 0) is 70.4 Å². The number of amides is 2. The maximum atomic E-state index is 12.5. The molecule has 1 aromatic carbocycles. The van der Waals surface area contributed by atoms with E-state index in [-0.39, 0.29) is 23.9 Å². The first-order chi connectivity index (χ1) is 12.7. The predicted molar refractivity (Wildman–Crippen MR) is 107 cm³/mol. The molecule has 6 nitrogen and oxygen atoms in total. The Bertz CT molecular complexity index is 900. The molecular weight excluding hydrogens is 340 g/mol. The van der Waals surface area contributed by atoms with Gasteiger partial charge in [0.1, 0.15) is 0 Å². The molecule has 144 valence electrons. The first-order valence-corrected chi connectivity index (χ1v) is 9.44. The van der Waals surface area contributed by atoms with Gasteiger partial charge in [-0.2, -0.15) is 5.10 Å². The lowest BCUT2D eigenvalue weighted by molar-refractivity contribution is -0.117. The van der Waals surface area contributed by atoms with Crippen LogP contribution < -0.4 is 10.2 Å². The van der Waals surface area contributed by atoms with Crippen molar-refractivity contribution in [3.05, 3.63) is 40.7 Å². The summed E-state index contributed by atoms with van der Waals surface area (Å²) in [5.74, 6) is 0.00849. The molecule has 2 amide bonds. The lowest BCUT2D eigenvalue weighted by Crippen LogP contribution is -2.33. The highest BCUT2D eigenvalue weighted by atomic mass is 16.2. The van der Waals surface area contributed by atoms with Crippen molar-refractivity contribution in [2.24, 2.45) is 0 Å². The Morgan fingerprint density at radius 3 is 2.59 bits per heavy atom. The largest absolute Gasteiger partial charge is 0.326 e. The molecule has 0 bridgehead atoms. The fourth-order valence-corrected chi connectivity index (χ4v) is 3.93. The fraction of sp³-hybridized carbons (Fsp3) is 0.476. The zero-order valence-electron chi connectivity index (χ0n) is 17.0. The molecule has 27 heavy (non-hydrogen) atoms. The molecule has 6 heteroatoms. The second kappa shape index (κ2) is 7.18. The molecule has 0 unspecified atom stereocenters. The van der Waals surface area contributed by atoms with E-state index >= 15 is 0 Å². The third kappa shape index (κ3) is 3.61. The monoisotopic (exact) mass is 368 g/mol. The molecule has 1 aliphatic heterocycles. The van der Waals surface area contributed by atoms with E-state index in [2.05, 4.69) is 17.3 Å². The van der Waals surface area contributed by atoms with E-state index in [0.717, 1.165) is 34.7 Å². The van der Waals surface area contributed by atoms with Gasteiger partial charge in [-0.1, -0.05) is 0 Å². The Kier molecular flexibility index (Phi) is 5.09. The normalized spacial score (nSPS) is 17.0. The minimum atomic E-state index is -0.0397. The van der Waals surface area contributed by atoms with Gasteiger partial charge in [0.2, 0.25) is 11.8 Å². The summed E-state index contributed by atoms with van der Waals surface area (Å²) in [6, 6.07) is 5.90. The maximum Gasteiger partial charge on any atom is 0.226 e. The van der Waals surface area contributed by atoms with Crippen molar-refractivity contribution in [2.45, 2.75) is 66.5 Å². The minimum absolute atomic E-state index is 0.0138. The van der Waals surface area contributed by atoms with Gasteiger partial charge >= 0.3 is 0 Å². The van der Waals surface area contributed by atoms with Gasteiger partial charge < -0.3 is 10.2 Å². The molecule has 1 N–H and O–H groups in total. The number of nitrogens with zero attached hydrogens (tertiary/aromatic N) is 3. The number of nitrogens with one attached hydrogen (secondary N) is 1. The van der Waals surface area contributed by atoms with Crippen LogP contribution in [0.4, 0.5) is 11.4 Å². The number of benzene rings is 1. The fourth-order valence-electron chi connectivity index (χ4n) is 3.93. The van der Waals surface area contributed by atoms with Gasteiger partial charge in [0.15, 0.2) is 0 Å². The first kappa shape index (κ1) is 19.1. The minimum Gasteiger partial charge on any atom is -0.326 e. The molecule has 0 saturated carbocycles.